The van der Waals surface area contributed by atoms with Crippen molar-refractivity contribution >= 4 is 5.82 Å². The Kier molecular flexibility index (Phi) is 3.00. The zero-order chi connectivity index (χ0) is 13.4. The summed E-state index contributed by atoms with van der Waals surface area (Å²) >= 11 is 0. The maximum absolute atomic E-state index is 13.8. The molecule has 1 fully saturated rings. The van der Waals surface area contributed by atoms with Gasteiger partial charge < -0.3 is 5.32 Å². The molecule has 0 saturated heterocycles. The van der Waals surface area contributed by atoms with Crippen LogP contribution in [0.1, 0.15) is 36.9 Å². The molecule has 0 aliphatic heterocycles. The normalized spacial score (nSPS) is 14.9. The highest BCUT2D eigenvalue weighted by Gasteiger charge is 2.26. The third-order valence-electron chi connectivity index (χ3n) is 3.50. The second kappa shape index (κ2) is 4.68. The highest BCUT2D eigenvalue weighted by molar-refractivity contribution is 5.39. The average molecular weight is 263 g/mol. The molecule has 0 amide bonds. The zero-order valence-corrected chi connectivity index (χ0v) is 11.2. The first-order chi connectivity index (χ1) is 9.19. The van der Waals surface area contributed by atoms with Crippen molar-refractivity contribution in [1.29, 1.82) is 0 Å². The van der Waals surface area contributed by atoms with E-state index in [1.807, 2.05) is 18.7 Å². The summed E-state index contributed by atoms with van der Waals surface area (Å²) in [6.07, 6.45) is 4.03. The molecule has 3 rings (SSSR count). The molecular formula is C13H18FN5. The third-order valence-corrected chi connectivity index (χ3v) is 3.50. The van der Waals surface area contributed by atoms with Crippen LogP contribution in [0.2, 0.25) is 0 Å². The fourth-order valence-electron chi connectivity index (χ4n) is 2.17. The van der Waals surface area contributed by atoms with Crippen molar-refractivity contribution in [2.75, 3.05) is 5.32 Å². The molecule has 1 N–H and O–H groups in total. The lowest BCUT2D eigenvalue weighted by Gasteiger charge is -2.04. The topological polar surface area (TPSA) is 47.7 Å². The summed E-state index contributed by atoms with van der Waals surface area (Å²) in [5.74, 6) is 1.28. The summed E-state index contributed by atoms with van der Waals surface area (Å²) in [5, 5.41) is 11.7. The maximum atomic E-state index is 13.8. The summed E-state index contributed by atoms with van der Waals surface area (Å²) < 4.78 is 17.0. The molecule has 1 aliphatic carbocycles. The number of nitrogens with one attached hydrogen (secondary N) is 1. The molecule has 0 aromatic carbocycles. The average Bonchev–Trinajstić information content (AvgIpc) is 3.10. The summed E-state index contributed by atoms with van der Waals surface area (Å²) in [5.41, 5.74) is 1.71. The van der Waals surface area contributed by atoms with Crippen LogP contribution in [-0.4, -0.2) is 19.6 Å². The van der Waals surface area contributed by atoms with Crippen molar-refractivity contribution in [2.24, 2.45) is 7.05 Å². The lowest BCUT2D eigenvalue weighted by Crippen LogP contribution is -2.06. The van der Waals surface area contributed by atoms with Crippen LogP contribution in [0.25, 0.3) is 0 Å². The molecule has 0 atom stereocenters. The van der Waals surface area contributed by atoms with Crippen LogP contribution in [0.15, 0.2) is 12.3 Å². The number of aromatic nitrogens is 4. The monoisotopic (exact) mass is 263 g/mol. The van der Waals surface area contributed by atoms with Crippen LogP contribution in [0.3, 0.4) is 0 Å². The second-order valence-corrected chi connectivity index (χ2v) is 4.98. The molecule has 0 unspecified atom stereocenters. The van der Waals surface area contributed by atoms with E-state index in [0.717, 1.165) is 11.5 Å². The Hall–Kier alpha value is -1.85. The van der Waals surface area contributed by atoms with Crippen LogP contribution >= 0.6 is 0 Å². The maximum Gasteiger partial charge on any atom is 0.216 e. The molecule has 19 heavy (non-hydrogen) atoms. The van der Waals surface area contributed by atoms with Gasteiger partial charge in [0.1, 0.15) is 5.82 Å². The molecule has 0 spiro atoms. The summed E-state index contributed by atoms with van der Waals surface area (Å²) in [6, 6.07) is 2.06. The van der Waals surface area contributed by atoms with Crippen LogP contribution in [0.4, 0.5) is 10.2 Å². The van der Waals surface area contributed by atoms with E-state index in [1.54, 1.807) is 6.20 Å². The highest BCUT2D eigenvalue weighted by Crippen LogP contribution is 2.39. The Labute approximate surface area is 111 Å². The minimum Gasteiger partial charge on any atom is -0.366 e. The van der Waals surface area contributed by atoms with Gasteiger partial charge in [0.2, 0.25) is 5.95 Å². The van der Waals surface area contributed by atoms with Gasteiger partial charge >= 0.3 is 0 Å². The molecule has 1 aliphatic rings. The number of hydrogen-bond donors (Lipinski definition) is 1. The predicted molar refractivity (Wildman–Crippen MR) is 70.4 cm³/mol. The predicted octanol–water partition coefficient (Wildman–Crippen LogP) is 2.27. The molecule has 6 heteroatoms. The number of nitrogens with zero attached hydrogens (tertiary/aromatic N) is 4. The van der Waals surface area contributed by atoms with Crippen LogP contribution in [0.5, 0.6) is 0 Å². The Morgan fingerprint density at radius 1 is 1.47 bits per heavy atom. The smallest absolute Gasteiger partial charge is 0.216 e. The van der Waals surface area contributed by atoms with Crippen molar-refractivity contribution in [1.82, 2.24) is 19.6 Å². The van der Waals surface area contributed by atoms with Gasteiger partial charge in [-0.05, 0) is 19.8 Å². The molecular weight excluding hydrogens is 245 g/mol. The highest BCUT2D eigenvalue weighted by atomic mass is 19.1. The van der Waals surface area contributed by atoms with Crippen molar-refractivity contribution < 1.29 is 4.39 Å². The van der Waals surface area contributed by atoms with Crippen molar-refractivity contribution in [2.45, 2.75) is 38.8 Å². The third kappa shape index (κ3) is 2.34. The van der Waals surface area contributed by atoms with Gasteiger partial charge in [-0.1, -0.05) is 0 Å². The Morgan fingerprint density at radius 3 is 2.89 bits per heavy atom. The van der Waals surface area contributed by atoms with E-state index in [9.17, 15) is 4.39 Å². The molecule has 0 bridgehead atoms. The van der Waals surface area contributed by atoms with E-state index in [2.05, 4.69) is 21.6 Å². The Morgan fingerprint density at radius 2 is 2.26 bits per heavy atom. The van der Waals surface area contributed by atoms with Gasteiger partial charge in [0.25, 0.3) is 0 Å². The van der Waals surface area contributed by atoms with Gasteiger partial charge in [-0.2, -0.15) is 14.6 Å². The molecule has 102 valence electrons. The van der Waals surface area contributed by atoms with Crippen molar-refractivity contribution in [3.63, 3.8) is 0 Å². The minimum atomic E-state index is -0.264. The molecule has 1 saturated carbocycles. The largest absolute Gasteiger partial charge is 0.366 e. The van der Waals surface area contributed by atoms with Crippen molar-refractivity contribution in [3.05, 3.63) is 29.5 Å². The molecule has 5 nitrogen and oxygen atoms in total. The van der Waals surface area contributed by atoms with E-state index < -0.39 is 0 Å². The van der Waals surface area contributed by atoms with E-state index in [-0.39, 0.29) is 5.95 Å². The van der Waals surface area contributed by atoms with E-state index in [4.69, 9.17) is 0 Å². The summed E-state index contributed by atoms with van der Waals surface area (Å²) in [7, 11) is 1.90. The fraction of sp³-hybridized carbons (Fsp3) is 0.538. The van der Waals surface area contributed by atoms with Gasteiger partial charge in [0.05, 0.1) is 11.9 Å². The fourth-order valence-corrected chi connectivity index (χ4v) is 2.17. The molecule has 2 aromatic heterocycles. The summed E-state index contributed by atoms with van der Waals surface area (Å²) in [6.45, 7) is 2.84. The first-order valence-electron chi connectivity index (χ1n) is 6.67. The molecule has 2 aromatic rings. The first-order valence-corrected chi connectivity index (χ1v) is 6.67. The standard InChI is InChI=1S/C13H18FN5/c1-3-19-13(14)10(8-16-19)7-15-12-6-11(9-4-5-9)17-18(12)2/h6,8-9,15H,3-5,7H2,1-2H3. The van der Waals surface area contributed by atoms with E-state index in [0.29, 0.717) is 24.6 Å². The van der Waals surface area contributed by atoms with Crippen molar-refractivity contribution in [3.8, 4) is 0 Å². The number of rotatable bonds is 5. The second-order valence-electron chi connectivity index (χ2n) is 4.98. The van der Waals surface area contributed by atoms with Crippen LogP contribution in [0, 0.1) is 5.95 Å². The van der Waals surface area contributed by atoms with Gasteiger partial charge in [0.15, 0.2) is 0 Å². The minimum absolute atomic E-state index is 0.264. The van der Waals surface area contributed by atoms with Gasteiger partial charge in [0, 0.05) is 37.7 Å². The Balaban J connectivity index is 1.69. The number of halogens is 1. The lowest BCUT2D eigenvalue weighted by molar-refractivity contribution is 0.465. The lowest BCUT2D eigenvalue weighted by atomic mass is 10.3. The summed E-state index contributed by atoms with van der Waals surface area (Å²) in [4.78, 5) is 0. The number of anilines is 1. The number of hydrogen-bond acceptors (Lipinski definition) is 3. The molecule has 0 radical (unpaired) electrons. The van der Waals surface area contributed by atoms with E-state index >= 15 is 0 Å². The van der Waals surface area contributed by atoms with Gasteiger partial charge in [-0.15, -0.1) is 0 Å². The van der Waals surface area contributed by atoms with Gasteiger partial charge in [-0.25, -0.2) is 4.68 Å². The van der Waals surface area contributed by atoms with Gasteiger partial charge in [-0.3, -0.25) is 4.68 Å². The van der Waals surface area contributed by atoms with Crippen LogP contribution < -0.4 is 5.32 Å². The first kappa shape index (κ1) is 12.2. The Bertz CT molecular complexity index is 582. The zero-order valence-electron chi connectivity index (χ0n) is 11.2. The van der Waals surface area contributed by atoms with Crippen LogP contribution in [-0.2, 0) is 20.1 Å². The quantitative estimate of drug-likeness (QED) is 0.900. The SMILES string of the molecule is CCn1ncc(CNc2cc(C3CC3)nn2C)c1F. The number of aryl methyl sites for hydroxylation is 2. The van der Waals surface area contributed by atoms with E-state index in [1.165, 1.54) is 17.5 Å². The molecule has 2 heterocycles.